The number of aliphatic hydroxyl groups excluding tert-OH is 1. The zero-order valence-electron chi connectivity index (χ0n) is 11.3. The third kappa shape index (κ3) is 3.23. The van der Waals surface area contributed by atoms with E-state index in [4.69, 9.17) is 11.6 Å². The summed E-state index contributed by atoms with van der Waals surface area (Å²) in [6.45, 7) is 6.47. The largest absolute Gasteiger partial charge is 0.396 e. The van der Waals surface area contributed by atoms with Crippen LogP contribution >= 0.6 is 11.6 Å². The van der Waals surface area contributed by atoms with Crippen molar-refractivity contribution >= 4 is 11.6 Å². The molecule has 0 aromatic carbocycles. The molecule has 0 saturated carbocycles. The maximum absolute atomic E-state index is 9.55. The lowest BCUT2D eigenvalue weighted by Crippen LogP contribution is -2.25. The number of hydrogen-bond acceptors (Lipinski definition) is 2. The lowest BCUT2D eigenvalue weighted by Gasteiger charge is -2.26. The van der Waals surface area contributed by atoms with E-state index < -0.39 is 0 Å². The Hall–Kier alpha value is -0.540. The minimum atomic E-state index is -0.100. The third-order valence-corrected chi connectivity index (χ3v) is 3.77. The van der Waals surface area contributed by atoms with Crippen molar-refractivity contribution in [2.24, 2.45) is 12.5 Å². The molecular weight excluding hydrogens is 236 g/mol. The fourth-order valence-electron chi connectivity index (χ4n) is 2.24. The Morgan fingerprint density at radius 1 is 1.41 bits per heavy atom. The van der Waals surface area contributed by atoms with Gasteiger partial charge in [0.25, 0.3) is 0 Å². The molecule has 1 aromatic rings. The van der Waals surface area contributed by atoms with Gasteiger partial charge in [-0.2, -0.15) is 5.10 Å². The average molecular weight is 259 g/mol. The lowest BCUT2D eigenvalue weighted by atomic mass is 9.82. The highest BCUT2D eigenvalue weighted by Crippen LogP contribution is 2.31. The van der Waals surface area contributed by atoms with E-state index in [1.807, 2.05) is 11.7 Å². The van der Waals surface area contributed by atoms with E-state index in [0.29, 0.717) is 0 Å². The van der Waals surface area contributed by atoms with Crippen molar-refractivity contribution in [3.8, 4) is 0 Å². The summed E-state index contributed by atoms with van der Waals surface area (Å²) in [6, 6.07) is 0. The second kappa shape index (κ2) is 5.87. The Morgan fingerprint density at radius 2 is 2.06 bits per heavy atom. The molecule has 0 bridgehead atoms. The Bertz CT molecular complexity index is 376. The van der Waals surface area contributed by atoms with Crippen LogP contribution in [0.4, 0.5) is 0 Å². The Balaban J connectivity index is 2.97. The molecule has 0 saturated heterocycles. The van der Waals surface area contributed by atoms with Crippen molar-refractivity contribution in [3.05, 3.63) is 16.4 Å². The van der Waals surface area contributed by atoms with Crippen LogP contribution in [0.25, 0.3) is 0 Å². The van der Waals surface area contributed by atoms with Gasteiger partial charge in [-0.3, -0.25) is 4.68 Å². The van der Waals surface area contributed by atoms with Crippen molar-refractivity contribution in [1.82, 2.24) is 9.78 Å². The second-order valence-corrected chi connectivity index (χ2v) is 5.46. The molecule has 0 aliphatic heterocycles. The topological polar surface area (TPSA) is 38.1 Å². The molecule has 1 aromatic heterocycles. The molecule has 1 heterocycles. The van der Waals surface area contributed by atoms with Gasteiger partial charge in [-0.25, -0.2) is 0 Å². The normalized spacial score (nSPS) is 14.9. The predicted molar refractivity (Wildman–Crippen MR) is 71.4 cm³/mol. The molecule has 0 aliphatic carbocycles. The monoisotopic (exact) mass is 258 g/mol. The standard InChI is InChI=1S/C13H23ClN2O/c1-5-7-13(3,9-17)8-11-12(14)10(6-2)15-16(11)4/h17H,5-9H2,1-4H3. The van der Waals surface area contributed by atoms with Crippen molar-refractivity contribution in [3.63, 3.8) is 0 Å². The highest BCUT2D eigenvalue weighted by molar-refractivity contribution is 6.31. The Morgan fingerprint density at radius 3 is 2.47 bits per heavy atom. The molecule has 17 heavy (non-hydrogen) atoms. The van der Waals surface area contributed by atoms with E-state index in [1.165, 1.54) is 0 Å². The number of aromatic nitrogens is 2. The number of rotatable bonds is 6. The molecule has 0 amide bonds. The molecule has 0 radical (unpaired) electrons. The summed E-state index contributed by atoms with van der Waals surface area (Å²) in [4.78, 5) is 0. The van der Waals surface area contributed by atoms with Crippen LogP contribution in [-0.4, -0.2) is 21.5 Å². The average Bonchev–Trinajstić information content (AvgIpc) is 2.57. The summed E-state index contributed by atoms with van der Waals surface area (Å²) in [7, 11) is 1.92. The van der Waals surface area contributed by atoms with Gasteiger partial charge in [-0.15, -0.1) is 0 Å². The number of halogens is 1. The van der Waals surface area contributed by atoms with E-state index in [-0.39, 0.29) is 12.0 Å². The zero-order valence-corrected chi connectivity index (χ0v) is 12.0. The number of hydrogen-bond donors (Lipinski definition) is 1. The van der Waals surface area contributed by atoms with Gasteiger partial charge in [0.15, 0.2) is 0 Å². The molecule has 1 N–H and O–H groups in total. The minimum Gasteiger partial charge on any atom is -0.396 e. The first-order chi connectivity index (χ1) is 7.97. The molecule has 4 heteroatoms. The molecule has 0 spiro atoms. The highest BCUT2D eigenvalue weighted by atomic mass is 35.5. The smallest absolute Gasteiger partial charge is 0.0849 e. The van der Waals surface area contributed by atoms with Crippen LogP contribution in [-0.2, 0) is 19.9 Å². The van der Waals surface area contributed by atoms with Crippen LogP contribution in [0.1, 0.15) is 45.0 Å². The van der Waals surface area contributed by atoms with Crippen LogP contribution in [0.5, 0.6) is 0 Å². The summed E-state index contributed by atoms with van der Waals surface area (Å²) < 4.78 is 1.85. The number of aryl methyl sites for hydroxylation is 2. The summed E-state index contributed by atoms with van der Waals surface area (Å²) in [5.74, 6) is 0. The summed E-state index contributed by atoms with van der Waals surface area (Å²) in [5, 5.41) is 14.7. The Kier molecular flexibility index (Phi) is 5.02. The van der Waals surface area contributed by atoms with Crippen LogP contribution in [0, 0.1) is 5.41 Å². The van der Waals surface area contributed by atoms with Gasteiger partial charge in [-0.05, 0) is 24.7 Å². The molecular formula is C13H23ClN2O. The highest BCUT2D eigenvalue weighted by Gasteiger charge is 2.26. The fraction of sp³-hybridized carbons (Fsp3) is 0.769. The van der Waals surface area contributed by atoms with Crippen LogP contribution in [0.2, 0.25) is 5.02 Å². The van der Waals surface area contributed by atoms with Gasteiger partial charge in [0, 0.05) is 13.7 Å². The molecule has 1 rings (SSSR count). The second-order valence-electron chi connectivity index (χ2n) is 5.08. The first kappa shape index (κ1) is 14.5. The van der Waals surface area contributed by atoms with E-state index in [9.17, 15) is 5.11 Å². The van der Waals surface area contributed by atoms with Gasteiger partial charge in [0.1, 0.15) is 0 Å². The quantitative estimate of drug-likeness (QED) is 0.852. The van der Waals surface area contributed by atoms with E-state index in [0.717, 1.165) is 42.1 Å². The van der Waals surface area contributed by atoms with Gasteiger partial charge >= 0.3 is 0 Å². The first-order valence-corrected chi connectivity index (χ1v) is 6.66. The number of nitrogens with zero attached hydrogens (tertiary/aromatic N) is 2. The maximum Gasteiger partial charge on any atom is 0.0849 e. The van der Waals surface area contributed by atoms with Gasteiger partial charge in [-0.1, -0.05) is 38.8 Å². The predicted octanol–water partition coefficient (Wildman–Crippen LogP) is 2.98. The van der Waals surface area contributed by atoms with Crippen molar-refractivity contribution in [2.75, 3.05) is 6.61 Å². The zero-order chi connectivity index (χ0) is 13.1. The number of aliphatic hydroxyl groups is 1. The fourth-order valence-corrected chi connectivity index (χ4v) is 2.60. The molecule has 3 nitrogen and oxygen atoms in total. The summed E-state index contributed by atoms with van der Waals surface area (Å²) in [5.41, 5.74) is 1.88. The molecule has 1 atom stereocenters. The first-order valence-electron chi connectivity index (χ1n) is 6.28. The Labute approximate surface area is 109 Å². The van der Waals surface area contributed by atoms with Gasteiger partial charge in [0.2, 0.25) is 0 Å². The van der Waals surface area contributed by atoms with Crippen LogP contribution in [0.3, 0.4) is 0 Å². The van der Waals surface area contributed by atoms with Gasteiger partial charge < -0.3 is 5.11 Å². The van der Waals surface area contributed by atoms with E-state index in [2.05, 4.69) is 25.9 Å². The molecule has 98 valence electrons. The summed E-state index contributed by atoms with van der Waals surface area (Å²) >= 11 is 6.33. The van der Waals surface area contributed by atoms with Crippen LogP contribution in [0.15, 0.2) is 0 Å². The summed E-state index contributed by atoms with van der Waals surface area (Å²) in [6.07, 6.45) is 3.68. The maximum atomic E-state index is 9.55. The van der Waals surface area contributed by atoms with Gasteiger partial charge in [0.05, 0.1) is 16.4 Å². The molecule has 1 unspecified atom stereocenters. The van der Waals surface area contributed by atoms with Crippen molar-refractivity contribution in [2.45, 2.75) is 46.5 Å². The molecule has 0 fully saturated rings. The van der Waals surface area contributed by atoms with E-state index in [1.54, 1.807) is 0 Å². The van der Waals surface area contributed by atoms with Crippen molar-refractivity contribution in [1.29, 1.82) is 0 Å². The lowest BCUT2D eigenvalue weighted by molar-refractivity contribution is 0.129. The van der Waals surface area contributed by atoms with E-state index >= 15 is 0 Å². The minimum absolute atomic E-state index is 0.100. The SMILES string of the molecule is CCCC(C)(CO)Cc1c(Cl)c(CC)nn1C. The van der Waals surface area contributed by atoms with Crippen LogP contribution < -0.4 is 0 Å². The van der Waals surface area contributed by atoms with Crippen molar-refractivity contribution < 1.29 is 5.11 Å². The molecule has 0 aliphatic rings. The third-order valence-electron chi connectivity index (χ3n) is 3.33.